The van der Waals surface area contributed by atoms with Crippen molar-refractivity contribution in [2.24, 2.45) is 0 Å². The number of methoxy groups -OCH3 is 1. The van der Waals surface area contributed by atoms with E-state index in [9.17, 15) is 0 Å². The van der Waals surface area contributed by atoms with Crippen molar-refractivity contribution in [3.05, 3.63) is 54.7 Å². The molecule has 0 aliphatic rings. The predicted molar refractivity (Wildman–Crippen MR) is 82.8 cm³/mol. The third kappa shape index (κ3) is 3.16. The summed E-state index contributed by atoms with van der Waals surface area (Å²) in [5.74, 6) is 1.70. The van der Waals surface area contributed by atoms with Crippen LogP contribution in [0.2, 0.25) is 0 Å². The molecule has 0 aliphatic heterocycles. The van der Waals surface area contributed by atoms with Crippen LogP contribution < -0.4 is 9.47 Å². The van der Waals surface area contributed by atoms with E-state index in [1.54, 1.807) is 7.11 Å². The molecule has 0 fully saturated rings. The Bertz CT molecular complexity index is 704. The molecule has 0 saturated heterocycles. The van der Waals surface area contributed by atoms with Crippen LogP contribution in [0.25, 0.3) is 10.9 Å². The van der Waals surface area contributed by atoms with Crippen LogP contribution in [0.3, 0.4) is 0 Å². The van der Waals surface area contributed by atoms with Crippen molar-refractivity contribution < 1.29 is 9.47 Å². The second-order valence-electron chi connectivity index (χ2n) is 4.80. The van der Waals surface area contributed by atoms with Gasteiger partial charge in [0.25, 0.3) is 0 Å². The number of benzene rings is 2. The average molecular weight is 282 g/mol. The molecule has 2 aromatic carbocycles. The minimum atomic E-state index is 0.667. The van der Waals surface area contributed by atoms with E-state index in [-0.39, 0.29) is 0 Å². The summed E-state index contributed by atoms with van der Waals surface area (Å²) in [6.07, 6.45) is 2.82. The zero-order chi connectivity index (χ0) is 14.5. The first-order chi connectivity index (χ1) is 10.4. The lowest BCUT2D eigenvalue weighted by Crippen LogP contribution is -2.05. The number of para-hydroxylation sites is 1. The molecule has 0 bridgehead atoms. The Morgan fingerprint density at radius 3 is 2.57 bits per heavy atom. The van der Waals surface area contributed by atoms with Gasteiger partial charge in [0.05, 0.1) is 25.4 Å². The van der Waals surface area contributed by atoms with E-state index in [1.165, 1.54) is 10.9 Å². The van der Waals surface area contributed by atoms with Gasteiger partial charge in [-0.1, -0.05) is 18.2 Å². The zero-order valence-electron chi connectivity index (χ0n) is 12.0. The van der Waals surface area contributed by atoms with Crippen LogP contribution in [-0.4, -0.2) is 23.5 Å². The fourth-order valence-corrected chi connectivity index (χ4v) is 2.28. The first-order valence-electron chi connectivity index (χ1n) is 7.04. The largest absolute Gasteiger partial charge is 0.497 e. The van der Waals surface area contributed by atoms with Gasteiger partial charge in [0, 0.05) is 18.4 Å². The maximum atomic E-state index is 5.72. The van der Waals surface area contributed by atoms with Crippen molar-refractivity contribution >= 4 is 10.9 Å². The molecule has 3 aromatic rings. The lowest BCUT2D eigenvalue weighted by molar-refractivity contribution is 0.299. The summed E-state index contributed by atoms with van der Waals surface area (Å²) in [4.78, 5) is 0. The molecule has 0 N–H and O–H groups in total. The van der Waals surface area contributed by atoms with E-state index in [0.29, 0.717) is 6.61 Å². The Balaban J connectivity index is 1.51. The average Bonchev–Trinajstić information content (AvgIpc) is 2.95. The Hall–Kier alpha value is -2.49. The van der Waals surface area contributed by atoms with Gasteiger partial charge in [-0.2, -0.15) is 5.10 Å². The van der Waals surface area contributed by atoms with Crippen molar-refractivity contribution in [3.63, 3.8) is 0 Å². The number of fused-ring (bicyclic) bond motifs is 1. The SMILES string of the molecule is COc1ccc(OCCCn2ncc3ccccc32)cc1. The maximum Gasteiger partial charge on any atom is 0.119 e. The van der Waals surface area contributed by atoms with Gasteiger partial charge in [-0.25, -0.2) is 0 Å². The summed E-state index contributed by atoms with van der Waals surface area (Å²) in [6.45, 7) is 1.52. The van der Waals surface area contributed by atoms with E-state index in [0.717, 1.165) is 24.5 Å². The fourth-order valence-electron chi connectivity index (χ4n) is 2.28. The summed E-state index contributed by atoms with van der Waals surface area (Å²) in [5, 5.41) is 5.58. The molecule has 0 aliphatic carbocycles. The van der Waals surface area contributed by atoms with Gasteiger partial charge in [-0.15, -0.1) is 0 Å². The molecule has 4 heteroatoms. The van der Waals surface area contributed by atoms with Crippen molar-refractivity contribution in [2.75, 3.05) is 13.7 Å². The molecule has 108 valence electrons. The maximum absolute atomic E-state index is 5.72. The summed E-state index contributed by atoms with van der Waals surface area (Å²) < 4.78 is 12.9. The Morgan fingerprint density at radius 1 is 1.00 bits per heavy atom. The fraction of sp³-hybridized carbons (Fsp3) is 0.235. The summed E-state index contributed by atoms with van der Waals surface area (Å²) in [5.41, 5.74) is 1.17. The van der Waals surface area contributed by atoms with Crippen LogP contribution >= 0.6 is 0 Å². The van der Waals surface area contributed by atoms with Crippen LogP contribution in [0.1, 0.15) is 6.42 Å². The van der Waals surface area contributed by atoms with Crippen molar-refractivity contribution in [2.45, 2.75) is 13.0 Å². The van der Waals surface area contributed by atoms with Crippen LogP contribution in [0, 0.1) is 0 Å². The minimum absolute atomic E-state index is 0.667. The molecule has 1 aromatic heterocycles. The molecule has 21 heavy (non-hydrogen) atoms. The predicted octanol–water partition coefficient (Wildman–Crippen LogP) is 3.51. The third-order valence-corrected chi connectivity index (χ3v) is 3.39. The number of nitrogens with zero attached hydrogens (tertiary/aromatic N) is 2. The quantitative estimate of drug-likeness (QED) is 0.649. The molecule has 0 amide bonds. The van der Waals surface area contributed by atoms with Gasteiger partial charge in [0.2, 0.25) is 0 Å². The Labute approximate surface area is 123 Å². The monoisotopic (exact) mass is 282 g/mol. The first kappa shape index (κ1) is 13.5. The second-order valence-corrected chi connectivity index (χ2v) is 4.80. The van der Waals surface area contributed by atoms with Gasteiger partial charge in [-0.05, 0) is 30.3 Å². The van der Waals surface area contributed by atoms with Crippen LogP contribution in [0.4, 0.5) is 0 Å². The van der Waals surface area contributed by atoms with Crippen LogP contribution in [-0.2, 0) is 6.54 Å². The lowest BCUT2D eigenvalue weighted by Gasteiger charge is -2.07. The van der Waals surface area contributed by atoms with E-state index >= 15 is 0 Å². The molecule has 4 nitrogen and oxygen atoms in total. The highest BCUT2D eigenvalue weighted by atomic mass is 16.5. The molecular formula is C17H18N2O2. The van der Waals surface area contributed by atoms with Gasteiger partial charge in [0.1, 0.15) is 11.5 Å². The number of aromatic nitrogens is 2. The summed E-state index contributed by atoms with van der Waals surface area (Å²) >= 11 is 0. The summed E-state index contributed by atoms with van der Waals surface area (Å²) in [7, 11) is 1.66. The van der Waals surface area contributed by atoms with Crippen molar-refractivity contribution in [1.82, 2.24) is 9.78 Å². The number of rotatable bonds is 6. The molecule has 3 rings (SSSR count). The standard InChI is InChI=1S/C17H18N2O2/c1-20-15-7-9-16(10-8-15)21-12-4-11-19-17-6-3-2-5-14(17)13-18-19/h2-3,5-10,13H,4,11-12H2,1H3. The van der Waals surface area contributed by atoms with E-state index < -0.39 is 0 Å². The molecule has 0 atom stereocenters. The molecular weight excluding hydrogens is 264 g/mol. The molecule has 1 heterocycles. The second kappa shape index (κ2) is 6.31. The normalized spacial score (nSPS) is 10.7. The zero-order valence-corrected chi connectivity index (χ0v) is 12.0. The van der Waals surface area contributed by atoms with Gasteiger partial charge < -0.3 is 9.47 Å². The highest BCUT2D eigenvalue weighted by Gasteiger charge is 2.01. The number of hydrogen-bond acceptors (Lipinski definition) is 3. The molecule has 0 saturated carbocycles. The van der Waals surface area contributed by atoms with Gasteiger partial charge in [-0.3, -0.25) is 4.68 Å². The van der Waals surface area contributed by atoms with Gasteiger partial charge in [0.15, 0.2) is 0 Å². The lowest BCUT2D eigenvalue weighted by atomic mass is 10.2. The molecule has 0 unspecified atom stereocenters. The van der Waals surface area contributed by atoms with Gasteiger partial charge >= 0.3 is 0 Å². The highest BCUT2D eigenvalue weighted by molar-refractivity contribution is 5.78. The minimum Gasteiger partial charge on any atom is -0.497 e. The van der Waals surface area contributed by atoms with E-state index in [2.05, 4.69) is 17.2 Å². The molecule has 0 radical (unpaired) electrons. The van der Waals surface area contributed by atoms with E-state index in [1.807, 2.05) is 47.3 Å². The Kier molecular flexibility index (Phi) is 4.05. The van der Waals surface area contributed by atoms with Crippen molar-refractivity contribution in [3.8, 4) is 11.5 Å². The molecule has 0 spiro atoms. The smallest absolute Gasteiger partial charge is 0.119 e. The summed E-state index contributed by atoms with van der Waals surface area (Å²) in [6, 6.07) is 15.9. The Morgan fingerprint density at radius 2 is 1.76 bits per heavy atom. The highest BCUT2D eigenvalue weighted by Crippen LogP contribution is 2.17. The number of aryl methyl sites for hydroxylation is 1. The number of ether oxygens (including phenoxy) is 2. The van der Waals surface area contributed by atoms with Crippen LogP contribution in [0.5, 0.6) is 11.5 Å². The van der Waals surface area contributed by atoms with Crippen LogP contribution in [0.15, 0.2) is 54.7 Å². The van der Waals surface area contributed by atoms with E-state index in [4.69, 9.17) is 9.47 Å². The third-order valence-electron chi connectivity index (χ3n) is 3.39. The number of hydrogen-bond donors (Lipinski definition) is 0. The van der Waals surface area contributed by atoms with Crippen molar-refractivity contribution in [1.29, 1.82) is 0 Å². The topological polar surface area (TPSA) is 36.3 Å². The first-order valence-corrected chi connectivity index (χ1v) is 7.04.